The zero-order chi connectivity index (χ0) is 20.3. The summed E-state index contributed by atoms with van der Waals surface area (Å²) in [5, 5.41) is 21.8. The largest absolute Gasteiger partial charge is 0.465 e. The summed E-state index contributed by atoms with van der Waals surface area (Å²) in [6.07, 6.45) is 0. The van der Waals surface area contributed by atoms with Gasteiger partial charge in [0.15, 0.2) is 0 Å². The van der Waals surface area contributed by atoms with Crippen molar-refractivity contribution >= 4 is 35.2 Å². The smallest absolute Gasteiger partial charge is 0.335 e. The van der Waals surface area contributed by atoms with E-state index in [1.807, 2.05) is 0 Å². The van der Waals surface area contributed by atoms with Gasteiger partial charge in [0.1, 0.15) is 6.54 Å². The molecule has 4 amide bonds. The van der Waals surface area contributed by atoms with Gasteiger partial charge in [0.2, 0.25) is 0 Å². The molecule has 13 nitrogen and oxygen atoms in total. The number of nitrogens with zero attached hydrogens (tertiary/aromatic N) is 4. The fourth-order valence-electron chi connectivity index (χ4n) is 2.31. The van der Waals surface area contributed by atoms with E-state index in [0.29, 0.717) is 9.80 Å². The maximum Gasteiger partial charge on any atom is 0.335 e. The molecule has 0 unspecified atom stereocenters. The number of imide groups is 2. The van der Waals surface area contributed by atoms with Gasteiger partial charge in [0.25, 0.3) is 11.4 Å². The second-order valence-electron chi connectivity index (χ2n) is 5.24. The summed E-state index contributed by atoms with van der Waals surface area (Å²) < 4.78 is 4.61. The molecule has 0 N–H and O–H groups in total. The Morgan fingerprint density at radius 1 is 1.00 bits per heavy atom. The van der Waals surface area contributed by atoms with Crippen molar-refractivity contribution in [2.24, 2.45) is 0 Å². The van der Waals surface area contributed by atoms with E-state index in [2.05, 4.69) is 4.74 Å². The predicted molar refractivity (Wildman–Crippen MR) is 84.0 cm³/mol. The summed E-state index contributed by atoms with van der Waals surface area (Å²) >= 11 is 0. The number of carbonyl (C=O) groups is 4. The fraction of sp³-hybridized carbons (Fsp3) is 0.286. The van der Waals surface area contributed by atoms with Crippen molar-refractivity contribution in [3.05, 3.63) is 44.0 Å². The number of hydrogen-bond donors (Lipinski definition) is 0. The van der Waals surface area contributed by atoms with Gasteiger partial charge in [0, 0.05) is 12.1 Å². The summed E-state index contributed by atoms with van der Waals surface area (Å²) in [6.45, 7) is 0.121. The number of non-ortho nitro benzene ring substituents is 2. The van der Waals surface area contributed by atoms with Crippen LogP contribution in [0, 0.1) is 20.2 Å². The molecule has 0 saturated carbocycles. The highest BCUT2D eigenvalue weighted by Gasteiger charge is 2.45. The minimum atomic E-state index is -1.27. The summed E-state index contributed by atoms with van der Waals surface area (Å²) in [6, 6.07) is 1.46. The molecule has 1 aliphatic rings. The monoisotopic (exact) mass is 380 g/mol. The molecule has 2 rings (SSSR count). The van der Waals surface area contributed by atoms with E-state index in [4.69, 9.17) is 0 Å². The summed E-state index contributed by atoms with van der Waals surface area (Å²) in [7, 11) is 0. The van der Waals surface area contributed by atoms with Crippen LogP contribution in [0.15, 0.2) is 18.2 Å². The average molecular weight is 380 g/mol. The molecular weight excluding hydrogens is 368 g/mol. The van der Waals surface area contributed by atoms with Gasteiger partial charge in [0.05, 0.1) is 29.1 Å². The highest BCUT2D eigenvalue weighted by molar-refractivity contribution is 6.44. The number of carbonyl (C=O) groups excluding carboxylic acids is 4. The average Bonchev–Trinajstić information content (AvgIpc) is 2.79. The predicted octanol–water partition coefficient (Wildman–Crippen LogP) is 0.357. The number of amides is 4. The van der Waals surface area contributed by atoms with E-state index >= 15 is 0 Å². The van der Waals surface area contributed by atoms with Crippen molar-refractivity contribution in [3.63, 3.8) is 0 Å². The Labute approximate surface area is 150 Å². The van der Waals surface area contributed by atoms with Gasteiger partial charge in [-0.05, 0) is 12.5 Å². The molecule has 1 aromatic rings. The van der Waals surface area contributed by atoms with E-state index in [1.165, 1.54) is 6.92 Å². The number of benzene rings is 1. The zero-order valence-corrected chi connectivity index (χ0v) is 13.8. The molecule has 13 heteroatoms. The van der Waals surface area contributed by atoms with Gasteiger partial charge in [-0.3, -0.25) is 39.5 Å². The van der Waals surface area contributed by atoms with Crippen molar-refractivity contribution in [1.82, 2.24) is 9.80 Å². The molecule has 142 valence electrons. The lowest BCUT2D eigenvalue weighted by Gasteiger charge is -2.14. The highest BCUT2D eigenvalue weighted by Crippen LogP contribution is 2.25. The molecule has 27 heavy (non-hydrogen) atoms. The van der Waals surface area contributed by atoms with E-state index in [1.54, 1.807) is 0 Å². The molecule has 0 spiro atoms. The minimum absolute atomic E-state index is 0.00403. The Balaban J connectivity index is 2.29. The Kier molecular flexibility index (Phi) is 5.43. The van der Waals surface area contributed by atoms with E-state index in [9.17, 15) is 39.4 Å². The first-order chi connectivity index (χ1) is 12.6. The molecule has 0 radical (unpaired) electrons. The number of hydrogen-bond acceptors (Lipinski definition) is 9. The lowest BCUT2D eigenvalue weighted by atomic mass is 10.1. The van der Waals surface area contributed by atoms with E-state index in [-0.39, 0.29) is 12.2 Å². The lowest BCUT2D eigenvalue weighted by Crippen LogP contribution is -2.37. The number of ether oxygens (including phenoxy) is 1. The number of urea groups is 1. The first-order valence-corrected chi connectivity index (χ1v) is 7.41. The Bertz CT molecular complexity index is 834. The van der Waals surface area contributed by atoms with Crippen LogP contribution in [0.3, 0.4) is 0 Å². The zero-order valence-electron chi connectivity index (χ0n) is 13.8. The molecule has 1 aliphatic heterocycles. The van der Waals surface area contributed by atoms with Gasteiger partial charge in [-0.25, -0.2) is 9.69 Å². The third-order valence-electron chi connectivity index (χ3n) is 3.45. The first-order valence-electron chi connectivity index (χ1n) is 7.41. The van der Waals surface area contributed by atoms with Crippen LogP contribution in [-0.4, -0.2) is 56.6 Å². The summed E-state index contributed by atoms with van der Waals surface area (Å²) in [5.41, 5.74) is -1.34. The molecule has 0 aromatic heterocycles. The van der Waals surface area contributed by atoms with Crippen LogP contribution in [0.2, 0.25) is 0 Å². The molecule has 0 bridgehead atoms. The lowest BCUT2D eigenvalue weighted by molar-refractivity contribution is -0.394. The van der Waals surface area contributed by atoms with Crippen LogP contribution in [0.1, 0.15) is 12.5 Å². The van der Waals surface area contributed by atoms with Crippen molar-refractivity contribution in [2.75, 3.05) is 13.2 Å². The number of nitro benzene ring substituents is 2. The third kappa shape index (κ3) is 4.02. The number of nitro groups is 2. The fourth-order valence-corrected chi connectivity index (χ4v) is 2.31. The van der Waals surface area contributed by atoms with Crippen LogP contribution in [-0.2, 0) is 25.7 Å². The van der Waals surface area contributed by atoms with Gasteiger partial charge in [-0.15, -0.1) is 0 Å². The van der Waals surface area contributed by atoms with Crippen molar-refractivity contribution in [2.45, 2.75) is 13.5 Å². The number of esters is 1. The molecule has 0 atom stereocenters. The Morgan fingerprint density at radius 3 is 2.00 bits per heavy atom. The van der Waals surface area contributed by atoms with Crippen LogP contribution >= 0.6 is 0 Å². The maximum absolute atomic E-state index is 12.2. The topological polar surface area (TPSA) is 170 Å². The minimum Gasteiger partial charge on any atom is -0.465 e. The standard InChI is InChI=1S/C14H12N4O9/c1-2-27-11(19)7-16-13(21)12(20)15(14(16)22)6-8-3-9(17(23)24)5-10(4-8)18(25)26/h3-5H,2,6-7H2,1H3. The Hall–Kier alpha value is -3.90. The van der Waals surface area contributed by atoms with Crippen molar-refractivity contribution in [3.8, 4) is 0 Å². The molecule has 1 heterocycles. The summed E-state index contributed by atoms with van der Waals surface area (Å²) in [5.74, 6) is -3.44. The second-order valence-corrected chi connectivity index (χ2v) is 5.24. The molecule has 1 fully saturated rings. The third-order valence-corrected chi connectivity index (χ3v) is 3.45. The molecular formula is C14H12N4O9. The number of rotatable bonds is 7. The second kappa shape index (κ2) is 7.55. The molecule has 1 saturated heterocycles. The van der Waals surface area contributed by atoms with Gasteiger partial charge < -0.3 is 4.74 Å². The molecule has 0 aliphatic carbocycles. The summed E-state index contributed by atoms with van der Waals surface area (Å²) in [4.78, 5) is 68.5. The Morgan fingerprint density at radius 2 is 1.52 bits per heavy atom. The van der Waals surface area contributed by atoms with Gasteiger partial charge >= 0.3 is 23.8 Å². The van der Waals surface area contributed by atoms with Crippen LogP contribution in [0.4, 0.5) is 16.2 Å². The van der Waals surface area contributed by atoms with Crippen molar-refractivity contribution < 1.29 is 33.8 Å². The van der Waals surface area contributed by atoms with Crippen LogP contribution in [0.5, 0.6) is 0 Å². The van der Waals surface area contributed by atoms with E-state index in [0.717, 1.165) is 18.2 Å². The normalized spacial score (nSPS) is 13.9. The van der Waals surface area contributed by atoms with Crippen LogP contribution in [0.25, 0.3) is 0 Å². The van der Waals surface area contributed by atoms with Crippen molar-refractivity contribution in [1.29, 1.82) is 0 Å². The van der Waals surface area contributed by atoms with Gasteiger partial charge in [-0.2, -0.15) is 0 Å². The van der Waals surface area contributed by atoms with E-state index < -0.39 is 58.1 Å². The van der Waals surface area contributed by atoms with Gasteiger partial charge in [-0.1, -0.05) is 0 Å². The van der Waals surface area contributed by atoms with Crippen LogP contribution < -0.4 is 0 Å². The highest BCUT2D eigenvalue weighted by atomic mass is 16.6. The molecule has 1 aromatic carbocycles. The first kappa shape index (κ1) is 19.4. The maximum atomic E-state index is 12.2. The SMILES string of the molecule is CCOC(=O)CN1C(=O)C(=O)N(Cc2cc([N+](=O)[O-])cc([N+](=O)[O-])c2)C1=O. The quantitative estimate of drug-likeness (QED) is 0.213.